The van der Waals surface area contributed by atoms with Crippen LogP contribution in [0, 0.1) is 5.92 Å². The van der Waals surface area contributed by atoms with E-state index in [1.165, 1.54) is 14.2 Å². The van der Waals surface area contributed by atoms with Crippen molar-refractivity contribution in [1.29, 1.82) is 0 Å². The van der Waals surface area contributed by atoms with Gasteiger partial charge in [0.2, 0.25) is 5.91 Å². The minimum Gasteiger partial charge on any atom is -0.493 e. The molecule has 12 nitrogen and oxygen atoms in total. The van der Waals surface area contributed by atoms with Crippen LogP contribution in [0.3, 0.4) is 0 Å². The highest BCUT2D eigenvalue weighted by atomic mass is 32.2. The van der Waals surface area contributed by atoms with Crippen molar-refractivity contribution < 1.29 is 28.0 Å². The predicted molar refractivity (Wildman–Crippen MR) is 146 cm³/mol. The fourth-order valence-electron chi connectivity index (χ4n) is 4.56. The van der Waals surface area contributed by atoms with Crippen LogP contribution in [-0.2, 0) is 26.1 Å². The van der Waals surface area contributed by atoms with E-state index in [0.29, 0.717) is 71.9 Å². The molecule has 1 aromatic carbocycles. The van der Waals surface area contributed by atoms with Crippen LogP contribution >= 0.6 is 0 Å². The van der Waals surface area contributed by atoms with Gasteiger partial charge in [-0.2, -0.15) is 0 Å². The highest BCUT2D eigenvalue weighted by molar-refractivity contribution is 7.84. The molecule has 5 rings (SSSR count). The van der Waals surface area contributed by atoms with Gasteiger partial charge in [0, 0.05) is 44.4 Å². The largest absolute Gasteiger partial charge is 0.493 e. The summed E-state index contributed by atoms with van der Waals surface area (Å²) >= 11 is 0. The van der Waals surface area contributed by atoms with Gasteiger partial charge in [-0.25, -0.2) is 9.78 Å². The summed E-state index contributed by atoms with van der Waals surface area (Å²) in [6.45, 7) is 4.25. The first-order valence-electron chi connectivity index (χ1n) is 12.9. The maximum absolute atomic E-state index is 13.3. The SMILES string of the molecule is CCOC(=O)N1CCN(c2cc3nc(S(=O)Cc4nccc(OC)c4OC)[nH]c3cc2NC(=O)C2CC2)CC1. The summed E-state index contributed by atoms with van der Waals surface area (Å²) in [7, 11) is 1.49. The Bertz CT molecular complexity index is 1400. The minimum atomic E-state index is -1.55. The molecule has 13 heteroatoms. The number of methoxy groups -OCH3 is 2. The van der Waals surface area contributed by atoms with Crippen LogP contribution < -0.4 is 19.7 Å². The summed E-state index contributed by atoms with van der Waals surface area (Å²) in [6.07, 6.45) is 3.03. The standard InChI is InChI=1S/C26H32N6O6S/c1-4-38-26(34)32-11-9-31(10-12-32)21-14-18-17(13-19(21)28-24(33)16-5-6-16)29-25(30-18)39(35)15-20-23(37-3)22(36-2)7-8-27-20/h7-8,13-14,16H,4-6,9-12,15H2,1-3H3,(H,28,33)(H,29,30). The molecule has 2 aliphatic rings. The number of carbonyl (C=O) groups is 2. The lowest BCUT2D eigenvalue weighted by atomic mass is 10.2. The van der Waals surface area contributed by atoms with E-state index in [2.05, 4.69) is 25.2 Å². The zero-order valence-electron chi connectivity index (χ0n) is 22.2. The van der Waals surface area contributed by atoms with Crippen molar-refractivity contribution in [3.63, 3.8) is 0 Å². The number of rotatable bonds is 9. The van der Waals surface area contributed by atoms with Crippen LogP contribution in [0.25, 0.3) is 11.0 Å². The molecular formula is C26H32N6O6S. The molecule has 1 saturated heterocycles. The van der Waals surface area contributed by atoms with Gasteiger partial charge in [-0.1, -0.05) is 0 Å². The molecule has 1 aliphatic carbocycles. The number of imidazole rings is 1. The number of fused-ring (bicyclic) bond motifs is 1. The molecule has 208 valence electrons. The van der Waals surface area contributed by atoms with E-state index in [0.717, 1.165) is 18.5 Å². The summed E-state index contributed by atoms with van der Waals surface area (Å²) in [5.41, 5.74) is 3.23. The van der Waals surface area contributed by atoms with Gasteiger partial charge in [-0.3, -0.25) is 14.0 Å². The topological polar surface area (TPSA) is 139 Å². The molecule has 39 heavy (non-hydrogen) atoms. The molecule has 3 aromatic rings. The number of nitrogens with one attached hydrogen (secondary N) is 2. The van der Waals surface area contributed by atoms with Crippen molar-refractivity contribution in [1.82, 2.24) is 19.9 Å². The van der Waals surface area contributed by atoms with E-state index in [-0.39, 0.29) is 23.7 Å². The Morgan fingerprint density at radius 2 is 1.92 bits per heavy atom. The second kappa shape index (κ2) is 11.5. The minimum absolute atomic E-state index is 0.0136. The van der Waals surface area contributed by atoms with E-state index in [1.54, 1.807) is 24.1 Å². The highest BCUT2D eigenvalue weighted by Gasteiger charge is 2.31. The fourth-order valence-corrected chi connectivity index (χ4v) is 5.58. The molecule has 0 radical (unpaired) electrons. The number of ether oxygens (including phenoxy) is 3. The number of H-pyrrole nitrogens is 1. The summed E-state index contributed by atoms with van der Waals surface area (Å²) < 4.78 is 29.2. The Hall–Kier alpha value is -3.87. The normalized spacial score (nSPS) is 16.2. The summed E-state index contributed by atoms with van der Waals surface area (Å²) in [5.74, 6) is 1.03. The molecule has 1 saturated carbocycles. The number of piperazine rings is 1. The number of aromatic amines is 1. The van der Waals surface area contributed by atoms with Crippen molar-refractivity contribution >= 4 is 45.2 Å². The fraction of sp³-hybridized carbons (Fsp3) is 0.462. The Morgan fingerprint density at radius 3 is 2.59 bits per heavy atom. The zero-order chi connectivity index (χ0) is 27.5. The van der Waals surface area contributed by atoms with Crippen molar-refractivity contribution in [3.8, 4) is 11.5 Å². The number of anilines is 2. The Labute approximate surface area is 228 Å². The summed E-state index contributed by atoms with van der Waals surface area (Å²) in [4.78, 5) is 40.7. The third kappa shape index (κ3) is 5.77. The van der Waals surface area contributed by atoms with Gasteiger partial charge in [-0.15, -0.1) is 0 Å². The predicted octanol–water partition coefficient (Wildman–Crippen LogP) is 2.91. The zero-order valence-corrected chi connectivity index (χ0v) is 23.0. The Morgan fingerprint density at radius 1 is 1.15 bits per heavy atom. The van der Waals surface area contributed by atoms with Gasteiger partial charge >= 0.3 is 6.09 Å². The third-order valence-electron chi connectivity index (χ3n) is 6.78. The van der Waals surface area contributed by atoms with Gasteiger partial charge in [-0.05, 0) is 31.9 Å². The summed E-state index contributed by atoms with van der Waals surface area (Å²) in [6, 6.07) is 5.40. The van der Waals surface area contributed by atoms with Crippen LogP contribution in [0.15, 0.2) is 29.6 Å². The Balaban J connectivity index is 1.41. The number of amides is 2. The van der Waals surface area contributed by atoms with Crippen molar-refractivity contribution in [2.75, 3.05) is 57.2 Å². The second-order valence-corrected chi connectivity index (χ2v) is 10.7. The van der Waals surface area contributed by atoms with Gasteiger partial charge in [0.25, 0.3) is 0 Å². The highest BCUT2D eigenvalue weighted by Crippen LogP contribution is 2.36. The number of nitrogens with zero attached hydrogens (tertiary/aromatic N) is 4. The molecule has 2 amide bonds. The molecule has 0 spiro atoms. The van der Waals surface area contributed by atoms with Crippen LogP contribution in [0.4, 0.5) is 16.2 Å². The van der Waals surface area contributed by atoms with Gasteiger partial charge in [0.05, 0.1) is 65.5 Å². The molecule has 2 aromatic heterocycles. The average Bonchev–Trinajstić information content (AvgIpc) is 3.72. The molecule has 1 unspecified atom stereocenters. The maximum Gasteiger partial charge on any atom is 0.409 e. The lowest BCUT2D eigenvalue weighted by molar-refractivity contribution is -0.117. The first-order valence-corrected chi connectivity index (χ1v) is 14.2. The molecular weight excluding hydrogens is 524 g/mol. The van der Waals surface area contributed by atoms with Crippen molar-refractivity contribution in [2.45, 2.75) is 30.7 Å². The van der Waals surface area contributed by atoms with Crippen molar-refractivity contribution in [3.05, 3.63) is 30.1 Å². The maximum atomic E-state index is 13.3. The lowest BCUT2D eigenvalue weighted by Gasteiger charge is -2.36. The van der Waals surface area contributed by atoms with Gasteiger partial charge in [0.1, 0.15) is 0 Å². The quantitative estimate of drug-likeness (QED) is 0.407. The third-order valence-corrected chi connectivity index (χ3v) is 7.94. The van der Waals surface area contributed by atoms with Gasteiger partial charge in [0.15, 0.2) is 16.7 Å². The lowest BCUT2D eigenvalue weighted by Crippen LogP contribution is -2.49. The number of pyridine rings is 1. The molecule has 3 heterocycles. The molecule has 2 fully saturated rings. The number of hydrogen-bond acceptors (Lipinski definition) is 9. The van der Waals surface area contributed by atoms with E-state index < -0.39 is 10.8 Å². The first-order chi connectivity index (χ1) is 18.9. The molecule has 2 N–H and O–H groups in total. The smallest absolute Gasteiger partial charge is 0.409 e. The van der Waals surface area contributed by atoms with Crippen LogP contribution in [0.5, 0.6) is 11.5 Å². The first kappa shape index (κ1) is 26.7. The van der Waals surface area contributed by atoms with E-state index >= 15 is 0 Å². The van der Waals surface area contributed by atoms with E-state index in [4.69, 9.17) is 14.2 Å². The Kier molecular flexibility index (Phi) is 7.87. The molecule has 0 bridgehead atoms. The molecule has 1 aliphatic heterocycles. The van der Waals surface area contributed by atoms with E-state index in [9.17, 15) is 13.8 Å². The number of hydrogen-bond donors (Lipinski definition) is 2. The number of aromatic nitrogens is 3. The second-order valence-electron chi connectivity index (χ2n) is 9.35. The number of benzene rings is 1. The van der Waals surface area contributed by atoms with E-state index in [1.807, 2.05) is 12.1 Å². The molecule has 1 atom stereocenters. The number of carbonyl (C=O) groups excluding carboxylic acids is 2. The van der Waals surface area contributed by atoms with Crippen LogP contribution in [-0.4, -0.2) is 83.1 Å². The van der Waals surface area contributed by atoms with Crippen LogP contribution in [0.1, 0.15) is 25.5 Å². The average molecular weight is 557 g/mol. The van der Waals surface area contributed by atoms with Gasteiger partial charge < -0.3 is 34.3 Å². The van der Waals surface area contributed by atoms with Crippen LogP contribution in [0.2, 0.25) is 0 Å². The monoisotopic (exact) mass is 556 g/mol. The summed E-state index contributed by atoms with van der Waals surface area (Å²) in [5, 5.41) is 3.36. The van der Waals surface area contributed by atoms with Crippen molar-refractivity contribution in [2.24, 2.45) is 5.92 Å².